The number of aliphatic hydroxyl groups is 1. The molecule has 212 valence electrons. The van der Waals surface area contributed by atoms with Gasteiger partial charge in [0.1, 0.15) is 22.5 Å². The van der Waals surface area contributed by atoms with Crippen molar-refractivity contribution >= 4 is 22.8 Å². The summed E-state index contributed by atoms with van der Waals surface area (Å²) < 4.78 is 13.2. The van der Waals surface area contributed by atoms with Crippen LogP contribution in [0.25, 0.3) is 11.0 Å². The van der Waals surface area contributed by atoms with Gasteiger partial charge in [0, 0.05) is 38.1 Å². The molecule has 2 saturated heterocycles. The number of methoxy groups -OCH3 is 1. The van der Waals surface area contributed by atoms with Gasteiger partial charge in [-0.05, 0) is 69.2 Å². The summed E-state index contributed by atoms with van der Waals surface area (Å²) in [6.07, 6.45) is 10.8. The molecular weight excluding hydrogens is 496 g/mol. The van der Waals surface area contributed by atoms with Crippen molar-refractivity contribution < 1.29 is 14.6 Å². The van der Waals surface area contributed by atoms with Gasteiger partial charge >= 0.3 is 0 Å². The second-order valence-corrected chi connectivity index (χ2v) is 10.7. The Labute approximate surface area is 230 Å². The minimum atomic E-state index is 0.0747. The molecule has 11 nitrogen and oxygen atoms in total. The first-order chi connectivity index (χ1) is 19.1. The Hall–Kier alpha value is -3.02. The van der Waals surface area contributed by atoms with E-state index in [2.05, 4.69) is 38.3 Å². The topological polar surface area (TPSA) is 136 Å². The molecule has 2 aliphatic rings. The van der Waals surface area contributed by atoms with Crippen LogP contribution in [0.4, 0.5) is 11.8 Å². The highest BCUT2D eigenvalue weighted by atomic mass is 16.5. The van der Waals surface area contributed by atoms with Crippen LogP contribution >= 0.6 is 0 Å². The van der Waals surface area contributed by atoms with Crippen LogP contribution in [0.5, 0.6) is 5.75 Å². The summed E-state index contributed by atoms with van der Waals surface area (Å²) in [4.78, 5) is 16.4. The summed E-state index contributed by atoms with van der Waals surface area (Å²) in [7, 11) is 1.69. The van der Waals surface area contributed by atoms with Crippen molar-refractivity contribution in [1.29, 1.82) is 0 Å². The van der Waals surface area contributed by atoms with Crippen LogP contribution in [-0.4, -0.2) is 86.8 Å². The average molecular weight is 539 g/mol. The molecule has 0 bridgehead atoms. The fourth-order valence-electron chi connectivity index (χ4n) is 6.02. The van der Waals surface area contributed by atoms with Crippen LogP contribution in [-0.2, 0) is 11.3 Å². The molecule has 4 N–H and O–H groups in total. The predicted molar refractivity (Wildman–Crippen MR) is 151 cm³/mol. The van der Waals surface area contributed by atoms with Crippen molar-refractivity contribution in [3.8, 4) is 5.75 Å². The number of aliphatic hydroxyl groups excluding tert-OH is 1. The van der Waals surface area contributed by atoms with Gasteiger partial charge in [-0.25, -0.2) is 4.98 Å². The zero-order valence-electron chi connectivity index (χ0n) is 23.2. The number of pyridine rings is 1. The second-order valence-electron chi connectivity index (χ2n) is 10.7. The molecule has 5 heterocycles. The number of piperidine rings is 1. The van der Waals surface area contributed by atoms with Gasteiger partial charge in [-0.2, -0.15) is 10.1 Å². The first-order valence-corrected chi connectivity index (χ1v) is 14.3. The Bertz CT molecular complexity index is 1210. The Balaban J connectivity index is 1.33. The first-order valence-electron chi connectivity index (χ1n) is 14.3. The van der Waals surface area contributed by atoms with Gasteiger partial charge in [-0.3, -0.25) is 9.67 Å². The molecule has 11 heteroatoms. The normalized spacial score (nSPS) is 18.4. The molecule has 5 rings (SSSR count). The zero-order chi connectivity index (χ0) is 27.2. The molecule has 3 aromatic heterocycles. The number of hydrogen-bond donors (Lipinski definition) is 3. The van der Waals surface area contributed by atoms with Gasteiger partial charge in [0.05, 0.1) is 19.9 Å². The number of nitrogens with one attached hydrogen (secondary N) is 1. The third-order valence-corrected chi connectivity index (χ3v) is 8.14. The molecule has 0 aromatic carbocycles. The van der Waals surface area contributed by atoms with Gasteiger partial charge in [-0.15, -0.1) is 0 Å². The molecule has 3 aromatic rings. The fourth-order valence-corrected chi connectivity index (χ4v) is 6.02. The Morgan fingerprint density at radius 3 is 2.67 bits per heavy atom. The van der Waals surface area contributed by atoms with Crippen LogP contribution in [0.3, 0.4) is 0 Å². The lowest BCUT2D eigenvalue weighted by atomic mass is 9.89. The molecule has 0 amide bonds. The number of nitrogens with two attached hydrogens (primary N) is 1. The first kappa shape index (κ1) is 27.5. The SMILES string of the molecule is CCC[C@@H](CCO)Nc1nc(N)nc2cnn(Cc3ncc(C4CCN(C5CCOCC5)CC4)cc3OC)c12. The predicted octanol–water partition coefficient (Wildman–Crippen LogP) is 3.18. The number of ether oxygens (including phenoxy) is 2. The van der Waals surface area contributed by atoms with Crippen molar-refractivity contribution in [3.05, 3.63) is 29.7 Å². The largest absolute Gasteiger partial charge is 0.495 e. The monoisotopic (exact) mass is 538 g/mol. The van der Waals surface area contributed by atoms with Gasteiger partial charge in [-0.1, -0.05) is 13.3 Å². The van der Waals surface area contributed by atoms with E-state index >= 15 is 0 Å². The zero-order valence-corrected chi connectivity index (χ0v) is 23.2. The van der Waals surface area contributed by atoms with E-state index in [1.807, 2.05) is 10.9 Å². The highest BCUT2D eigenvalue weighted by molar-refractivity contribution is 5.86. The van der Waals surface area contributed by atoms with Crippen molar-refractivity contribution in [1.82, 2.24) is 29.6 Å². The average Bonchev–Trinajstić information content (AvgIpc) is 3.36. The maximum Gasteiger partial charge on any atom is 0.222 e. The molecule has 0 radical (unpaired) electrons. The van der Waals surface area contributed by atoms with Gasteiger partial charge in [0.25, 0.3) is 0 Å². The van der Waals surface area contributed by atoms with Gasteiger partial charge in [0.15, 0.2) is 5.82 Å². The lowest BCUT2D eigenvalue weighted by Gasteiger charge is -2.39. The van der Waals surface area contributed by atoms with Crippen LogP contribution < -0.4 is 15.8 Å². The number of nitrogens with zero attached hydrogens (tertiary/aromatic N) is 6. The fraction of sp³-hybridized carbons (Fsp3) is 0.643. The minimum absolute atomic E-state index is 0.0747. The van der Waals surface area contributed by atoms with Crippen molar-refractivity contribution in [2.24, 2.45) is 0 Å². The molecule has 0 unspecified atom stereocenters. The van der Waals surface area contributed by atoms with E-state index in [-0.39, 0.29) is 18.6 Å². The van der Waals surface area contributed by atoms with Crippen LogP contribution in [0.2, 0.25) is 0 Å². The van der Waals surface area contributed by atoms with E-state index in [0.29, 0.717) is 36.3 Å². The number of fused-ring (bicyclic) bond motifs is 1. The summed E-state index contributed by atoms with van der Waals surface area (Å²) in [5, 5.41) is 17.6. The quantitative estimate of drug-likeness (QED) is 0.334. The molecular formula is C28H42N8O3. The third kappa shape index (κ3) is 6.42. The number of aromatic nitrogens is 5. The molecule has 1 atom stereocenters. The van der Waals surface area contributed by atoms with E-state index < -0.39 is 0 Å². The van der Waals surface area contributed by atoms with Gasteiger partial charge in [0.2, 0.25) is 5.95 Å². The number of rotatable bonds is 11. The lowest BCUT2D eigenvalue weighted by molar-refractivity contribution is 0.0251. The van der Waals surface area contributed by atoms with E-state index in [9.17, 15) is 5.11 Å². The summed E-state index contributed by atoms with van der Waals surface area (Å²) >= 11 is 0. The van der Waals surface area contributed by atoms with Crippen molar-refractivity contribution in [2.45, 2.75) is 76.4 Å². The van der Waals surface area contributed by atoms with Crippen molar-refractivity contribution in [2.75, 3.05) is 51.1 Å². The van der Waals surface area contributed by atoms with Crippen LogP contribution in [0.15, 0.2) is 18.5 Å². The number of likely N-dealkylation sites (tertiary alicyclic amines) is 1. The molecule has 0 spiro atoms. The number of nitrogen functional groups attached to an aromatic ring is 1. The van der Waals surface area contributed by atoms with Crippen molar-refractivity contribution in [3.63, 3.8) is 0 Å². The third-order valence-electron chi connectivity index (χ3n) is 8.14. The molecule has 0 saturated carbocycles. The highest BCUT2D eigenvalue weighted by Gasteiger charge is 2.28. The van der Waals surface area contributed by atoms with E-state index in [1.54, 1.807) is 13.3 Å². The Morgan fingerprint density at radius 1 is 1.15 bits per heavy atom. The Kier molecular flexibility index (Phi) is 9.10. The maximum absolute atomic E-state index is 9.52. The number of anilines is 2. The van der Waals surface area contributed by atoms with Gasteiger partial charge < -0.3 is 30.5 Å². The van der Waals surface area contributed by atoms with E-state index in [4.69, 9.17) is 20.2 Å². The standard InChI is InChI=1S/C28H42N8O3/c1-3-4-21(7-12-37)32-27-26-23(33-28(29)34-27)17-31-36(26)18-24-25(38-2)15-20(16-30-24)19-5-10-35(11-6-19)22-8-13-39-14-9-22/h15-17,19,21-22,37H,3-14,18H2,1-2H3,(H3,29,32,33,34)/t21-/m0/s1. The maximum atomic E-state index is 9.52. The molecule has 0 aliphatic carbocycles. The summed E-state index contributed by atoms with van der Waals surface area (Å²) in [6, 6.07) is 2.89. The number of hydrogen-bond acceptors (Lipinski definition) is 10. The smallest absolute Gasteiger partial charge is 0.222 e. The molecule has 39 heavy (non-hydrogen) atoms. The second kappa shape index (κ2) is 12.9. The van der Waals surface area contributed by atoms with Crippen LogP contribution in [0, 0.1) is 0 Å². The molecule has 2 fully saturated rings. The summed E-state index contributed by atoms with van der Waals surface area (Å²) in [5.74, 6) is 2.05. The van der Waals surface area contributed by atoms with E-state index in [0.717, 1.165) is 81.8 Å². The minimum Gasteiger partial charge on any atom is -0.495 e. The molecule has 2 aliphatic heterocycles. The Morgan fingerprint density at radius 2 is 1.95 bits per heavy atom. The van der Waals surface area contributed by atoms with Crippen LogP contribution in [0.1, 0.15) is 69.0 Å². The summed E-state index contributed by atoms with van der Waals surface area (Å²) in [5.41, 5.74) is 9.46. The summed E-state index contributed by atoms with van der Waals surface area (Å²) in [6.45, 7) is 6.64. The highest BCUT2D eigenvalue weighted by Crippen LogP contribution is 2.33. The lowest BCUT2D eigenvalue weighted by Crippen LogP contribution is -2.43. The van der Waals surface area contributed by atoms with E-state index in [1.165, 1.54) is 5.56 Å².